The molecule has 0 radical (unpaired) electrons. The van der Waals surface area contributed by atoms with Crippen molar-refractivity contribution >= 4 is 5.71 Å². The van der Waals surface area contributed by atoms with Crippen LogP contribution >= 0.6 is 0 Å². The fourth-order valence-electron chi connectivity index (χ4n) is 7.28. The van der Waals surface area contributed by atoms with Crippen molar-refractivity contribution < 1.29 is 9.94 Å². The predicted molar refractivity (Wildman–Crippen MR) is 92.2 cm³/mol. The minimum Gasteiger partial charge on any atom is -0.399 e. The van der Waals surface area contributed by atoms with Crippen molar-refractivity contribution in [2.75, 3.05) is 7.11 Å². The molecule has 1 N–H and O–H groups in total. The molecule has 4 fully saturated rings. The monoisotopic (exact) mass is 319 g/mol. The molecule has 4 aliphatic carbocycles. The zero-order valence-electron chi connectivity index (χ0n) is 15.1. The minimum atomic E-state index is -0.0367. The average Bonchev–Trinajstić information content (AvgIpc) is 2.85. The first-order chi connectivity index (χ1) is 11.0. The van der Waals surface area contributed by atoms with Crippen molar-refractivity contribution in [2.24, 2.45) is 39.7 Å². The molecule has 7 atom stereocenters. The highest BCUT2D eigenvalue weighted by Gasteiger charge is 2.59. The molecule has 0 aliphatic heterocycles. The summed E-state index contributed by atoms with van der Waals surface area (Å²) in [6.07, 6.45) is 11.1. The van der Waals surface area contributed by atoms with E-state index in [1.165, 1.54) is 44.2 Å². The van der Waals surface area contributed by atoms with E-state index in [1.807, 2.05) is 0 Å². The number of hydrogen-bond acceptors (Lipinski definition) is 3. The van der Waals surface area contributed by atoms with E-state index in [1.54, 1.807) is 7.11 Å². The summed E-state index contributed by atoms with van der Waals surface area (Å²) in [5, 5.41) is 14.5. The highest BCUT2D eigenvalue weighted by molar-refractivity contribution is 5.92. The van der Waals surface area contributed by atoms with Crippen LogP contribution in [0.4, 0.5) is 0 Å². The van der Waals surface area contributed by atoms with Gasteiger partial charge in [0.1, 0.15) is 7.11 Å². The largest absolute Gasteiger partial charge is 0.399 e. The van der Waals surface area contributed by atoms with E-state index in [4.69, 9.17) is 4.84 Å². The smallest absolute Gasteiger partial charge is 0.106 e. The maximum absolute atomic E-state index is 10.1. The highest BCUT2D eigenvalue weighted by Crippen LogP contribution is 2.65. The lowest BCUT2D eigenvalue weighted by molar-refractivity contribution is -0.114. The van der Waals surface area contributed by atoms with Crippen LogP contribution in [-0.2, 0) is 4.84 Å². The Balaban J connectivity index is 1.62. The number of aliphatic hydroxyl groups excluding tert-OH is 1. The second-order valence-corrected chi connectivity index (χ2v) is 9.30. The maximum atomic E-state index is 10.1. The molecule has 0 aromatic carbocycles. The Hall–Kier alpha value is -0.570. The normalized spacial score (nSPS) is 54.3. The van der Waals surface area contributed by atoms with E-state index >= 15 is 0 Å². The van der Waals surface area contributed by atoms with Gasteiger partial charge in [-0.2, -0.15) is 0 Å². The molecule has 4 rings (SSSR count). The van der Waals surface area contributed by atoms with Crippen LogP contribution < -0.4 is 0 Å². The second kappa shape index (κ2) is 5.47. The van der Waals surface area contributed by atoms with Crippen LogP contribution in [0.2, 0.25) is 0 Å². The number of nitrogens with zero attached hydrogens (tertiary/aromatic N) is 1. The molecular weight excluding hydrogens is 286 g/mol. The predicted octanol–water partition coefficient (Wildman–Crippen LogP) is 4.39. The average molecular weight is 319 g/mol. The quantitative estimate of drug-likeness (QED) is 0.728. The molecular formula is C20H33NO2. The van der Waals surface area contributed by atoms with Crippen LogP contribution in [0.25, 0.3) is 0 Å². The lowest BCUT2D eigenvalue weighted by atomic mass is 9.45. The molecule has 0 heterocycles. The third-order valence-corrected chi connectivity index (χ3v) is 8.58. The number of fused-ring (bicyclic) bond motifs is 5. The van der Waals surface area contributed by atoms with Crippen molar-refractivity contribution in [1.29, 1.82) is 0 Å². The van der Waals surface area contributed by atoms with Gasteiger partial charge in [0.2, 0.25) is 0 Å². The van der Waals surface area contributed by atoms with Gasteiger partial charge in [-0.3, -0.25) is 0 Å². The van der Waals surface area contributed by atoms with Crippen LogP contribution in [0.1, 0.15) is 71.6 Å². The van der Waals surface area contributed by atoms with Crippen molar-refractivity contribution in [1.82, 2.24) is 0 Å². The van der Waals surface area contributed by atoms with Gasteiger partial charge in [0.25, 0.3) is 0 Å². The van der Waals surface area contributed by atoms with Gasteiger partial charge in [0.05, 0.1) is 11.8 Å². The first-order valence-electron chi connectivity index (χ1n) is 9.77. The first-order valence-corrected chi connectivity index (χ1v) is 9.77. The van der Waals surface area contributed by atoms with Crippen molar-refractivity contribution in [3.63, 3.8) is 0 Å². The summed E-state index contributed by atoms with van der Waals surface area (Å²) in [6, 6.07) is 0. The molecule has 130 valence electrons. The van der Waals surface area contributed by atoms with Crippen LogP contribution in [0.15, 0.2) is 5.16 Å². The van der Waals surface area contributed by atoms with Gasteiger partial charge < -0.3 is 9.94 Å². The summed E-state index contributed by atoms with van der Waals surface area (Å²) < 4.78 is 0. The third-order valence-electron chi connectivity index (χ3n) is 8.58. The van der Waals surface area contributed by atoms with E-state index in [9.17, 15) is 5.11 Å². The molecule has 0 amide bonds. The lowest BCUT2D eigenvalue weighted by Gasteiger charge is -2.60. The Morgan fingerprint density at radius 3 is 2.65 bits per heavy atom. The number of aliphatic hydroxyl groups is 1. The molecule has 0 saturated heterocycles. The Bertz CT molecular complexity index is 504. The van der Waals surface area contributed by atoms with Crippen molar-refractivity contribution in [3.8, 4) is 0 Å². The number of hydrogen-bond donors (Lipinski definition) is 1. The minimum absolute atomic E-state index is 0.0367. The van der Waals surface area contributed by atoms with Gasteiger partial charge in [0.15, 0.2) is 0 Å². The Morgan fingerprint density at radius 1 is 1.04 bits per heavy atom. The molecule has 3 nitrogen and oxygen atoms in total. The Kier molecular flexibility index (Phi) is 3.79. The summed E-state index contributed by atoms with van der Waals surface area (Å²) in [5.41, 5.74) is 2.09. The SMILES string of the molecule is CON=C1CCC2C3CCC4CC(O)CCC4(C)C3CCC12C. The highest BCUT2D eigenvalue weighted by atomic mass is 16.6. The van der Waals surface area contributed by atoms with Crippen LogP contribution in [0.3, 0.4) is 0 Å². The van der Waals surface area contributed by atoms with Gasteiger partial charge in [-0.15, -0.1) is 0 Å². The van der Waals surface area contributed by atoms with Gasteiger partial charge >= 0.3 is 0 Å². The molecule has 7 unspecified atom stereocenters. The molecule has 0 bridgehead atoms. The standard InChI is InChI=1S/C20H33NO2/c1-19-10-8-14(22)12-13(19)4-5-15-16-6-7-18(21-23-3)20(16,2)11-9-17(15)19/h13-17,22H,4-12H2,1-3H3. The zero-order chi connectivity index (χ0) is 16.2. The van der Waals surface area contributed by atoms with E-state index < -0.39 is 0 Å². The lowest BCUT2D eigenvalue weighted by Crippen LogP contribution is -2.54. The molecule has 23 heavy (non-hydrogen) atoms. The van der Waals surface area contributed by atoms with E-state index in [0.717, 1.165) is 42.9 Å². The van der Waals surface area contributed by atoms with Gasteiger partial charge in [0, 0.05) is 5.41 Å². The van der Waals surface area contributed by atoms with E-state index in [2.05, 4.69) is 19.0 Å². The molecule has 3 heteroatoms. The molecule has 0 aromatic rings. The number of rotatable bonds is 1. The van der Waals surface area contributed by atoms with Crippen LogP contribution in [0, 0.1) is 34.5 Å². The summed E-state index contributed by atoms with van der Waals surface area (Å²) in [5.74, 6) is 3.30. The van der Waals surface area contributed by atoms with Gasteiger partial charge in [-0.05, 0) is 86.9 Å². The summed E-state index contributed by atoms with van der Waals surface area (Å²) in [6.45, 7) is 5.01. The fourth-order valence-corrected chi connectivity index (χ4v) is 7.28. The molecule has 0 aromatic heterocycles. The van der Waals surface area contributed by atoms with Crippen LogP contribution in [0.5, 0.6) is 0 Å². The maximum Gasteiger partial charge on any atom is 0.106 e. The van der Waals surface area contributed by atoms with E-state index in [-0.39, 0.29) is 11.5 Å². The topological polar surface area (TPSA) is 41.8 Å². The van der Waals surface area contributed by atoms with Crippen LogP contribution in [-0.4, -0.2) is 24.0 Å². The fraction of sp³-hybridized carbons (Fsp3) is 0.950. The van der Waals surface area contributed by atoms with Crippen molar-refractivity contribution in [2.45, 2.75) is 77.7 Å². The zero-order valence-corrected chi connectivity index (χ0v) is 15.1. The van der Waals surface area contributed by atoms with Crippen molar-refractivity contribution in [3.05, 3.63) is 0 Å². The van der Waals surface area contributed by atoms with Gasteiger partial charge in [-0.1, -0.05) is 19.0 Å². The summed E-state index contributed by atoms with van der Waals surface area (Å²) in [4.78, 5) is 5.15. The molecule has 4 aliphatic rings. The summed E-state index contributed by atoms with van der Waals surface area (Å²) in [7, 11) is 1.69. The van der Waals surface area contributed by atoms with E-state index in [0.29, 0.717) is 5.41 Å². The second-order valence-electron chi connectivity index (χ2n) is 9.30. The molecule has 0 spiro atoms. The summed E-state index contributed by atoms with van der Waals surface area (Å²) >= 11 is 0. The first kappa shape index (κ1) is 15.9. The van der Waals surface area contributed by atoms with Gasteiger partial charge in [-0.25, -0.2) is 0 Å². The third kappa shape index (κ3) is 2.22. The Labute approximate surface area is 140 Å². The Morgan fingerprint density at radius 2 is 1.87 bits per heavy atom. The number of oxime groups is 1. The molecule has 4 saturated carbocycles.